The van der Waals surface area contributed by atoms with E-state index in [9.17, 15) is 39.3 Å². The van der Waals surface area contributed by atoms with Crippen molar-refractivity contribution in [3.63, 3.8) is 0 Å². The lowest BCUT2D eigenvalue weighted by Crippen LogP contribution is -2.58. The van der Waals surface area contributed by atoms with E-state index in [2.05, 4.69) is 20.9 Å². The molecule has 0 saturated heterocycles. The number of hydrogen-bond donors (Lipinski definition) is 8. The second-order valence-electron chi connectivity index (χ2n) is 9.94. The number of carbonyl (C=O) groups excluding carboxylic acids is 3. The molecule has 1 aromatic heterocycles. The molecule has 0 spiro atoms. The van der Waals surface area contributed by atoms with Gasteiger partial charge in [-0.15, -0.1) is 0 Å². The number of aliphatic carboxylic acids is 2. The van der Waals surface area contributed by atoms with Crippen molar-refractivity contribution in [2.24, 2.45) is 5.73 Å². The highest BCUT2D eigenvalue weighted by molar-refractivity contribution is 7.98. The Balaban J connectivity index is 1.70. The number of phenols is 1. The number of para-hydroxylation sites is 1. The lowest BCUT2D eigenvalue weighted by molar-refractivity contribution is -0.143. The van der Waals surface area contributed by atoms with E-state index in [1.54, 1.807) is 24.6 Å². The lowest BCUT2D eigenvalue weighted by Gasteiger charge is -2.24. The molecule has 0 saturated carbocycles. The van der Waals surface area contributed by atoms with E-state index in [1.807, 2.05) is 24.3 Å². The maximum Gasteiger partial charge on any atom is 0.326 e. The SMILES string of the molecule is CSCCC(NC(=O)C(CC(=O)O)NC(=O)C(N)Cc1ccc(O)cc1)C(=O)NC(Cc1c[nH]c2ccccc12)C(=O)O. The predicted molar refractivity (Wildman–Crippen MR) is 160 cm³/mol. The van der Waals surface area contributed by atoms with Crippen LogP contribution in [0.5, 0.6) is 5.75 Å². The van der Waals surface area contributed by atoms with Gasteiger partial charge in [0.25, 0.3) is 0 Å². The third-order valence-corrected chi connectivity index (χ3v) is 7.34. The first kappa shape index (κ1) is 32.9. The monoisotopic (exact) mass is 613 g/mol. The summed E-state index contributed by atoms with van der Waals surface area (Å²) in [5.74, 6) is -4.67. The molecular weight excluding hydrogens is 578 g/mol. The number of aromatic hydroxyl groups is 1. The summed E-state index contributed by atoms with van der Waals surface area (Å²) in [7, 11) is 0. The summed E-state index contributed by atoms with van der Waals surface area (Å²) in [4.78, 5) is 65.8. The van der Waals surface area contributed by atoms with Crippen molar-refractivity contribution in [3.8, 4) is 5.75 Å². The Bertz CT molecular complexity index is 1440. The van der Waals surface area contributed by atoms with Gasteiger partial charge >= 0.3 is 11.9 Å². The first-order valence-corrected chi connectivity index (χ1v) is 14.8. The van der Waals surface area contributed by atoms with Crippen LogP contribution >= 0.6 is 11.8 Å². The second kappa shape index (κ2) is 15.6. The molecule has 0 radical (unpaired) electrons. The number of amides is 3. The summed E-state index contributed by atoms with van der Waals surface area (Å²) in [6.45, 7) is 0. The van der Waals surface area contributed by atoms with Gasteiger partial charge in [-0.3, -0.25) is 19.2 Å². The highest BCUT2D eigenvalue weighted by Gasteiger charge is 2.31. The minimum atomic E-state index is -1.55. The molecule has 4 unspecified atom stereocenters. The number of carbonyl (C=O) groups is 5. The average molecular weight is 614 g/mol. The number of nitrogens with two attached hydrogens (primary N) is 1. The fourth-order valence-corrected chi connectivity index (χ4v) is 4.88. The number of hydrogen-bond acceptors (Lipinski definition) is 8. The number of aromatic amines is 1. The van der Waals surface area contributed by atoms with E-state index in [4.69, 9.17) is 5.73 Å². The van der Waals surface area contributed by atoms with Crippen LogP contribution in [0.25, 0.3) is 10.9 Å². The Labute approximate surface area is 251 Å². The number of phenolic OH excluding ortho intramolecular Hbond substituents is 1. The van der Waals surface area contributed by atoms with E-state index in [0.717, 1.165) is 10.9 Å². The van der Waals surface area contributed by atoms with Crippen molar-refractivity contribution in [3.05, 3.63) is 65.9 Å². The van der Waals surface area contributed by atoms with Crippen LogP contribution in [0.3, 0.4) is 0 Å². The van der Waals surface area contributed by atoms with Crippen LogP contribution in [-0.2, 0) is 36.8 Å². The summed E-state index contributed by atoms with van der Waals surface area (Å²) in [6, 6.07) is 8.11. The Morgan fingerprint density at radius 3 is 2.14 bits per heavy atom. The van der Waals surface area contributed by atoms with Gasteiger partial charge in [0.05, 0.1) is 12.5 Å². The standard InChI is InChI=1S/C29H35N5O8S/c1-43-11-10-22(27(39)34-24(29(41)42)13-17-15-31-21-5-3-2-4-19(17)21)32-28(40)23(14-25(36)37)33-26(38)20(30)12-16-6-8-18(35)9-7-16/h2-9,15,20,22-24,31,35H,10-14,30H2,1H3,(H,32,40)(H,33,38)(H,34,39)(H,36,37)(H,41,42). The number of nitrogens with one attached hydrogen (secondary N) is 4. The Morgan fingerprint density at radius 1 is 0.860 bits per heavy atom. The Hall–Kier alpha value is -4.56. The summed E-state index contributed by atoms with van der Waals surface area (Å²) in [5.41, 5.74) is 8.10. The van der Waals surface area contributed by atoms with Gasteiger partial charge in [0, 0.05) is 23.5 Å². The van der Waals surface area contributed by atoms with E-state index in [1.165, 1.54) is 23.9 Å². The van der Waals surface area contributed by atoms with Gasteiger partial charge in [0.2, 0.25) is 17.7 Å². The number of fused-ring (bicyclic) bond motifs is 1. The van der Waals surface area contributed by atoms with Crippen molar-refractivity contribution in [2.45, 2.75) is 49.9 Å². The largest absolute Gasteiger partial charge is 0.508 e. The lowest BCUT2D eigenvalue weighted by atomic mass is 10.0. The second-order valence-corrected chi connectivity index (χ2v) is 10.9. The first-order chi connectivity index (χ1) is 20.5. The van der Waals surface area contributed by atoms with Crippen LogP contribution in [0.2, 0.25) is 0 Å². The molecule has 14 heteroatoms. The van der Waals surface area contributed by atoms with Crippen molar-refractivity contribution < 1.29 is 39.3 Å². The first-order valence-electron chi connectivity index (χ1n) is 13.4. The zero-order valence-corrected chi connectivity index (χ0v) is 24.2. The smallest absolute Gasteiger partial charge is 0.326 e. The molecule has 4 atom stereocenters. The van der Waals surface area contributed by atoms with E-state index in [0.29, 0.717) is 16.9 Å². The topological polar surface area (TPSA) is 224 Å². The zero-order chi connectivity index (χ0) is 31.5. The van der Waals surface area contributed by atoms with Crippen LogP contribution < -0.4 is 21.7 Å². The summed E-state index contributed by atoms with van der Waals surface area (Å²) >= 11 is 1.39. The van der Waals surface area contributed by atoms with Gasteiger partial charge in [-0.05, 0) is 54.2 Å². The minimum Gasteiger partial charge on any atom is -0.508 e. The third kappa shape index (κ3) is 9.75. The number of rotatable bonds is 16. The Kier molecular flexibility index (Phi) is 12.0. The fraction of sp³-hybridized carbons (Fsp3) is 0.345. The molecular formula is C29H35N5O8S. The van der Waals surface area contributed by atoms with Gasteiger partial charge in [0.15, 0.2) is 0 Å². The van der Waals surface area contributed by atoms with E-state index in [-0.39, 0.29) is 25.0 Å². The quantitative estimate of drug-likeness (QED) is 0.113. The number of benzene rings is 2. The number of aromatic nitrogens is 1. The van der Waals surface area contributed by atoms with Crippen molar-refractivity contribution in [1.82, 2.24) is 20.9 Å². The van der Waals surface area contributed by atoms with Crippen LogP contribution in [0.15, 0.2) is 54.7 Å². The number of carboxylic acid groups (broad SMARTS) is 2. The molecule has 3 aromatic rings. The third-order valence-electron chi connectivity index (χ3n) is 6.70. The highest BCUT2D eigenvalue weighted by atomic mass is 32.2. The van der Waals surface area contributed by atoms with Crippen LogP contribution in [-0.4, -0.2) is 86.1 Å². The number of thioether (sulfide) groups is 1. The molecule has 230 valence electrons. The maximum atomic E-state index is 13.2. The van der Waals surface area contributed by atoms with Crippen molar-refractivity contribution in [2.75, 3.05) is 12.0 Å². The molecule has 0 aliphatic heterocycles. The maximum absolute atomic E-state index is 13.2. The molecule has 3 rings (SSSR count). The van der Waals surface area contributed by atoms with Crippen molar-refractivity contribution in [1.29, 1.82) is 0 Å². The Morgan fingerprint density at radius 2 is 1.49 bits per heavy atom. The summed E-state index contributed by atoms with van der Waals surface area (Å²) in [5, 5.41) is 36.8. The average Bonchev–Trinajstić information content (AvgIpc) is 3.37. The van der Waals surface area contributed by atoms with E-state index < -0.39 is 60.2 Å². The van der Waals surface area contributed by atoms with Crippen LogP contribution in [0.1, 0.15) is 24.0 Å². The molecule has 0 bridgehead atoms. The molecule has 3 amide bonds. The van der Waals surface area contributed by atoms with E-state index >= 15 is 0 Å². The molecule has 0 fully saturated rings. The van der Waals surface area contributed by atoms with Gasteiger partial charge in [0.1, 0.15) is 23.9 Å². The molecule has 0 aliphatic rings. The number of carboxylic acids is 2. The molecule has 13 nitrogen and oxygen atoms in total. The summed E-state index contributed by atoms with van der Waals surface area (Å²) in [6.07, 6.45) is 2.83. The van der Waals surface area contributed by atoms with Crippen molar-refractivity contribution >= 4 is 52.3 Å². The normalized spacial score (nSPS) is 13.8. The number of H-pyrrole nitrogens is 1. The highest BCUT2D eigenvalue weighted by Crippen LogP contribution is 2.19. The van der Waals surface area contributed by atoms with Gasteiger partial charge < -0.3 is 42.0 Å². The van der Waals surface area contributed by atoms with Crippen LogP contribution in [0.4, 0.5) is 0 Å². The molecule has 1 heterocycles. The predicted octanol–water partition coefficient (Wildman–Crippen LogP) is 0.753. The molecule has 43 heavy (non-hydrogen) atoms. The van der Waals surface area contributed by atoms with Crippen LogP contribution in [0, 0.1) is 0 Å². The van der Waals surface area contributed by atoms with Gasteiger partial charge in [-0.25, -0.2) is 4.79 Å². The molecule has 2 aromatic carbocycles. The fourth-order valence-electron chi connectivity index (χ4n) is 4.41. The van der Waals surface area contributed by atoms with Gasteiger partial charge in [-0.1, -0.05) is 30.3 Å². The minimum absolute atomic E-state index is 0.0229. The zero-order valence-electron chi connectivity index (χ0n) is 23.4. The van der Waals surface area contributed by atoms with Gasteiger partial charge in [-0.2, -0.15) is 11.8 Å². The molecule has 9 N–H and O–H groups in total. The summed E-state index contributed by atoms with van der Waals surface area (Å²) < 4.78 is 0. The molecule has 0 aliphatic carbocycles.